The molecule has 1 atom stereocenters. The van der Waals surface area contributed by atoms with E-state index in [9.17, 15) is 9.59 Å². The molecule has 5 rings (SSSR count). The van der Waals surface area contributed by atoms with E-state index in [2.05, 4.69) is 34.6 Å². The summed E-state index contributed by atoms with van der Waals surface area (Å²) in [7, 11) is 0. The Balaban J connectivity index is 1.26. The van der Waals surface area contributed by atoms with Crippen molar-refractivity contribution < 1.29 is 14.7 Å². The summed E-state index contributed by atoms with van der Waals surface area (Å²) in [5, 5.41) is 12.1. The van der Waals surface area contributed by atoms with Gasteiger partial charge in [-0.1, -0.05) is 54.6 Å². The third-order valence-corrected chi connectivity index (χ3v) is 7.36. The van der Waals surface area contributed by atoms with Gasteiger partial charge in [-0.15, -0.1) is 0 Å². The van der Waals surface area contributed by atoms with Crippen molar-refractivity contribution in [2.24, 2.45) is 5.92 Å². The number of carbonyl (C=O) groups excluding carboxylic acids is 1. The van der Waals surface area contributed by atoms with Crippen molar-refractivity contribution in [1.29, 1.82) is 0 Å². The maximum Gasteiger partial charge on any atom is 0.303 e. The molecule has 6 nitrogen and oxygen atoms in total. The minimum atomic E-state index is -0.688. The molecular formula is C30H31N3O3. The molecule has 1 aliphatic rings. The first kappa shape index (κ1) is 23.8. The highest BCUT2D eigenvalue weighted by molar-refractivity contribution is 5.93. The zero-order valence-corrected chi connectivity index (χ0v) is 20.4. The number of rotatable bonds is 7. The van der Waals surface area contributed by atoms with Crippen LogP contribution in [0.25, 0.3) is 16.8 Å². The Kier molecular flexibility index (Phi) is 6.85. The maximum atomic E-state index is 12.8. The van der Waals surface area contributed by atoms with Crippen molar-refractivity contribution >= 4 is 17.5 Å². The maximum absolute atomic E-state index is 12.8. The van der Waals surface area contributed by atoms with Crippen LogP contribution in [0.2, 0.25) is 0 Å². The third-order valence-electron chi connectivity index (χ3n) is 7.36. The molecule has 4 aromatic rings. The molecule has 1 saturated carbocycles. The van der Waals surface area contributed by atoms with Gasteiger partial charge >= 0.3 is 5.97 Å². The van der Waals surface area contributed by atoms with Crippen molar-refractivity contribution in [2.75, 3.05) is 0 Å². The summed E-state index contributed by atoms with van der Waals surface area (Å²) in [6.45, 7) is 1.96. The zero-order valence-electron chi connectivity index (χ0n) is 20.4. The summed E-state index contributed by atoms with van der Waals surface area (Å²) in [5.74, 6) is -0.0702. The predicted octanol–water partition coefficient (Wildman–Crippen LogP) is 6.24. The number of hydrogen-bond acceptors (Lipinski definition) is 3. The second kappa shape index (κ2) is 10.4. The van der Waals surface area contributed by atoms with Crippen molar-refractivity contribution in [3.05, 3.63) is 95.9 Å². The average molecular weight is 482 g/mol. The fourth-order valence-electron chi connectivity index (χ4n) is 5.26. The van der Waals surface area contributed by atoms with Crippen LogP contribution >= 0.6 is 0 Å². The third kappa shape index (κ3) is 5.33. The normalized spacial score (nSPS) is 18.6. The summed E-state index contributed by atoms with van der Waals surface area (Å²) in [4.78, 5) is 28.3. The fraction of sp³-hybridized carbons (Fsp3) is 0.300. The summed E-state index contributed by atoms with van der Waals surface area (Å²) in [6, 6.07) is 22.4. The number of pyridine rings is 1. The topological polar surface area (TPSA) is 83.7 Å². The number of carboxylic acid groups (broad SMARTS) is 1. The quantitative estimate of drug-likeness (QED) is 0.327. The first-order chi connectivity index (χ1) is 17.5. The summed E-state index contributed by atoms with van der Waals surface area (Å²) < 4.78 is 1.90. The smallest absolute Gasteiger partial charge is 0.303 e. The van der Waals surface area contributed by atoms with Crippen molar-refractivity contribution in [3.8, 4) is 11.1 Å². The lowest BCUT2D eigenvalue weighted by Gasteiger charge is -2.28. The van der Waals surface area contributed by atoms with Crippen molar-refractivity contribution in [2.45, 2.75) is 51.0 Å². The number of nitrogens with one attached hydrogen (secondary N) is 1. The number of amides is 1. The van der Waals surface area contributed by atoms with E-state index < -0.39 is 5.97 Å². The van der Waals surface area contributed by atoms with Gasteiger partial charge in [-0.25, -0.2) is 4.98 Å². The summed E-state index contributed by atoms with van der Waals surface area (Å²) in [6.07, 6.45) is 8.13. The highest BCUT2D eigenvalue weighted by atomic mass is 16.4. The SMILES string of the molecule is CC(NC(=O)c1cn2cc(-c3ccc([C@H]4CC[C@H](CC(=O)O)CC4)cc3)ccc2n1)c1ccccc1. The molecule has 2 aromatic heterocycles. The summed E-state index contributed by atoms with van der Waals surface area (Å²) >= 11 is 0. The minimum absolute atomic E-state index is 0.107. The van der Waals surface area contributed by atoms with Gasteiger partial charge in [0, 0.05) is 18.8 Å². The Hall–Kier alpha value is -3.93. The Bertz CT molecular complexity index is 1350. The van der Waals surface area contributed by atoms with E-state index in [1.807, 2.05) is 60.0 Å². The number of nitrogens with zero attached hydrogens (tertiary/aromatic N) is 2. The number of carbonyl (C=O) groups is 2. The number of aromatic nitrogens is 2. The van der Waals surface area contributed by atoms with E-state index in [0.717, 1.165) is 48.0 Å². The van der Waals surface area contributed by atoms with Gasteiger partial charge in [0.2, 0.25) is 0 Å². The van der Waals surface area contributed by atoms with Gasteiger partial charge < -0.3 is 14.8 Å². The van der Waals surface area contributed by atoms with Crippen LogP contribution in [-0.2, 0) is 4.79 Å². The standard InChI is InChI=1S/C30H31N3O3/c1-20(22-5-3-2-4-6-22)31-30(36)27-19-33-18-26(15-16-28(33)32-27)25-13-11-24(12-14-25)23-9-7-21(8-10-23)17-29(34)35/h2-6,11-16,18-21,23H,7-10,17H2,1H3,(H,31,36)(H,34,35)/t20?,21-,23-. The highest BCUT2D eigenvalue weighted by Crippen LogP contribution is 2.37. The molecule has 0 aliphatic heterocycles. The molecule has 2 heterocycles. The molecule has 1 aliphatic carbocycles. The number of fused-ring (bicyclic) bond motifs is 1. The molecule has 1 fully saturated rings. The van der Waals surface area contributed by atoms with Crippen LogP contribution in [0.15, 0.2) is 79.1 Å². The lowest BCUT2D eigenvalue weighted by Crippen LogP contribution is -2.26. The lowest BCUT2D eigenvalue weighted by atomic mass is 9.77. The molecule has 6 heteroatoms. The van der Waals surface area contributed by atoms with Gasteiger partial charge in [-0.3, -0.25) is 9.59 Å². The van der Waals surface area contributed by atoms with Crippen LogP contribution in [0.4, 0.5) is 0 Å². The molecule has 0 saturated heterocycles. The van der Waals surface area contributed by atoms with Crippen LogP contribution < -0.4 is 5.32 Å². The Morgan fingerprint density at radius 3 is 2.33 bits per heavy atom. The monoisotopic (exact) mass is 481 g/mol. The molecular weight excluding hydrogens is 450 g/mol. The van der Waals surface area contributed by atoms with Gasteiger partial charge in [0.1, 0.15) is 11.3 Å². The van der Waals surface area contributed by atoms with Gasteiger partial charge in [0.25, 0.3) is 5.91 Å². The van der Waals surface area contributed by atoms with E-state index in [-0.39, 0.29) is 18.4 Å². The number of benzene rings is 2. The van der Waals surface area contributed by atoms with E-state index in [1.54, 1.807) is 6.20 Å². The number of carboxylic acids is 1. The number of hydrogen-bond donors (Lipinski definition) is 2. The Morgan fingerprint density at radius 2 is 1.64 bits per heavy atom. The molecule has 2 N–H and O–H groups in total. The zero-order chi connectivity index (χ0) is 25.1. The van der Waals surface area contributed by atoms with Crippen LogP contribution in [0.1, 0.15) is 72.6 Å². The summed E-state index contributed by atoms with van der Waals surface area (Å²) in [5.41, 5.74) is 5.66. The lowest BCUT2D eigenvalue weighted by molar-refractivity contribution is -0.138. The fourth-order valence-corrected chi connectivity index (χ4v) is 5.26. The van der Waals surface area contributed by atoms with Gasteiger partial charge in [-0.05, 0) is 78.8 Å². The molecule has 36 heavy (non-hydrogen) atoms. The molecule has 0 bridgehead atoms. The van der Waals surface area contributed by atoms with E-state index >= 15 is 0 Å². The van der Waals surface area contributed by atoms with E-state index in [4.69, 9.17) is 5.11 Å². The molecule has 1 amide bonds. The second-order valence-electron chi connectivity index (χ2n) is 9.85. The molecule has 2 aromatic carbocycles. The minimum Gasteiger partial charge on any atom is -0.481 e. The van der Waals surface area contributed by atoms with Gasteiger partial charge in [-0.2, -0.15) is 0 Å². The number of aliphatic carboxylic acids is 1. The Labute approximate surface area is 211 Å². The van der Waals surface area contributed by atoms with Crippen LogP contribution in [0.5, 0.6) is 0 Å². The Morgan fingerprint density at radius 1 is 0.944 bits per heavy atom. The molecule has 184 valence electrons. The molecule has 0 radical (unpaired) electrons. The number of imidazole rings is 1. The van der Waals surface area contributed by atoms with Gasteiger partial charge in [0.15, 0.2) is 0 Å². The van der Waals surface area contributed by atoms with Crippen LogP contribution in [0, 0.1) is 5.92 Å². The van der Waals surface area contributed by atoms with E-state index in [1.165, 1.54) is 5.56 Å². The van der Waals surface area contributed by atoms with Crippen molar-refractivity contribution in [3.63, 3.8) is 0 Å². The first-order valence-electron chi connectivity index (χ1n) is 12.6. The average Bonchev–Trinajstić information content (AvgIpc) is 3.33. The molecule has 0 spiro atoms. The van der Waals surface area contributed by atoms with E-state index in [0.29, 0.717) is 17.5 Å². The van der Waals surface area contributed by atoms with Crippen molar-refractivity contribution in [1.82, 2.24) is 14.7 Å². The second-order valence-corrected chi connectivity index (χ2v) is 9.85. The largest absolute Gasteiger partial charge is 0.481 e. The first-order valence-corrected chi connectivity index (χ1v) is 12.6. The van der Waals surface area contributed by atoms with Gasteiger partial charge in [0.05, 0.1) is 6.04 Å². The van der Waals surface area contributed by atoms with Crippen LogP contribution in [0.3, 0.4) is 0 Å². The highest BCUT2D eigenvalue weighted by Gasteiger charge is 2.24. The van der Waals surface area contributed by atoms with Crippen LogP contribution in [-0.4, -0.2) is 26.4 Å². The molecule has 1 unspecified atom stereocenters. The predicted molar refractivity (Wildman–Crippen MR) is 140 cm³/mol.